The minimum atomic E-state index is 0.216. The van der Waals surface area contributed by atoms with E-state index >= 15 is 0 Å². The van der Waals surface area contributed by atoms with Gasteiger partial charge in [-0.1, -0.05) is 12.1 Å². The van der Waals surface area contributed by atoms with E-state index in [2.05, 4.69) is 30.3 Å². The second-order valence-electron chi connectivity index (χ2n) is 4.64. The molecule has 1 aromatic rings. The van der Waals surface area contributed by atoms with E-state index in [-0.39, 0.29) is 6.10 Å². The van der Waals surface area contributed by atoms with Crippen LogP contribution in [0.3, 0.4) is 0 Å². The van der Waals surface area contributed by atoms with Crippen LogP contribution in [0, 0.1) is 0 Å². The summed E-state index contributed by atoms with van der Waals surface area (Å²) in [6.07, 6.45) is 0.216. The highest BCUT2D eigenvalue weighted by Crippen LogP contribution is 2.29. The topological polar surface area (TPSA) is 33.7 Å². The number of ether oxygens (including phenoxy) is 2. The standard InChI is InChI=1S/C14H22N2O2/c1-11(14-10-15-8-9-18-14)16(2)12-6-4-5-7-13(12)17-3/h4-7,11,14-15H,8-10H2,1-3H3. The number of hydrogen-bond donors (Lipinski definition) is 1. The maximum absolute atomic E-state index is 5.81. The largest absolute Gasteiger partial charge is 0.495 e. The van der Waals surface area contributed by atoms with Crippen molar-refractivity contribution in [3.63, 3.8) is 0 Å². The van der Waals surface area contributed by atoms with Gasteiger partial charge in [0.25, 0.3) is 0 Å². The fraction of sp³-hybridized carbons (Fsp3) is 0.571. The summed E-state index contributed by atoms with van der Waals surface area (Å²) in [7, 11) is 3.79. The molecule has 4 nitrogen and oxygen atoms in total. The van der Waals surface area contributed by atoms with Crippen molar-refractivity contribution in [3.05, 3.63) is 24.3 Å². The average molecular weight is 250 g/mol. The Morgan fingerprint density at radius 1 is 1.44 bits per heavy atom. The molecule has 1 heterocycles. The summed E-state index contributed by atoms with van der Waals surface area (Å²) in [5.41, 5.74) is 1.10. The Morgan fingerprint density at radius 2 is 2.22 bits per heavy atom. The molecule has 2 atom stereocenters. The highest BCUT2D eigenvalue weighted by atomic mass is 16.5. The molecular weight excluding hydrogens is 228 g/mol. The van der Waals surface area contributed by atoms with E-state index in [1.807, 2.05) is 18.2 Å². The van der Waals surface area contributed by atoms with Crippen LogP contribution in [0.2, 0.25) is 0 Å². The highest BCUT2D eigenvalue weighted by molar-refractivity contribution is 5.58. The average Bonchev–Trinajstić information content (AvgIpc) is 2.46. The number of likely N-dealkylation sites (N-methyl/N-ethyl adjacent to an activating group) is 1. The molecule has 2 unspecified atom stereocenters. The Bertz CT molecular complexity index is 378. The fourth-order valence-corrected chi connectivity index (χ4v) is 2.29. The van der Waals surface area contributed by atoms with Crippen LogP contribution < -0.4 is 15.0 Å². The monoisotopic (exact) mass is 250 g/mol. The minimum absolute atomic E-state index is 0.216. The first-order valence-corrected chi connectivity index (χ1v) is 6.42. The van der Waals surface area contributed by atoms with Crippen molar-refractivity contribution in [3.8, 4) is 5.75 Å². The van der Waals surface area contributed by atoms with Crippen molar-refractivity contribution in [1.82, 2.24) is 5.32 Å². The van der Waals surface area contributed by atoms with Crippen molar-refractivity contribution in [1.29, 1.82) is 0 Å². The molecule has 1 aromatic carbocycles. The van der Waals surface area contributed by atoms with E-state index in [4.69, 9.17) is 9.47 Å². The van der Waals surface area contributed by atoms with Crippen LogP contribution in [0.5, 0.6) is 5.75 Å². The molecule has 0 aromatic heterocycles. The summed E-state index contributed by atoms with van der Waals surface area (Å²) in [6.45, 7) is 4.82. The third kappa shape index (κ3) is 2.76. The maximum Gasteiger partial charge on any atom is 0.142 e. The lowest BCUT2D eigenvalue weighted by atomic mass is 10.1. The number of morpholine rings is 1. The van der Waals surface area contributed by atoms with Gasteiger partial charge in [0.15, 0.2) is 0 Å². The summed E-state index contributed by atoms with van der Waals surface area (Å²) < 4.78 is 11.2. The lowest BCUT2D eigenvalue weighted by Crippen LogP contribution is -2.50. The second-order valence-corrected chi connectivity index (χ2v) is 4.64. The first kappa shape index (κ1) is 13.2. The third-order valence-electron chi connectivity index (χ3n) is 3.57. The number of hydrogen-bond acceptors (Lipinski definition) is 4. The Balaban J connectivity index is 2.11. The van der Waals surface area contributed by atoms with Gasteiger partial charge in [0, 0.05) is 20.1 Å². The molecule has 4 heteroatoms. The van der Waals surface area contributed by atoms with E-state index in [1.165, 1.54) is 0 Å². The summed E-state index contributed by atoms with van der Waals surface area (Å²) >= 11 is 0. The smallest absolute Gasteiger partial charge is 0.142 e. The van der Waals surface area contributed by atoms with Gasteiger partial charge in [-0.2, -0.15) is 0 Å². The zero-order valence-electron chi connectivity index (χ0n) is 11.3. The molecule has 1 fully saturated rings. The van der Waals surface area contributed by atoms with Gasteiger partial charge in [-0.15, -0.1) is 0 Å². The molecule has 0 bridgehead atoms. The molecule has 0 spiro atoms. The van der Waals surface area contributed by atoms with Crippen LogP contribution in [0.15, 0.2) is 24.3 Å². The minimum Gasteiger partial charge on any atom is -0.495 e. The number of para-hydroxylation sites is 2. The van der Waals surface area contributed by atoms with Gasteiger partial charge in [-0.05, 0) is 19.1 Å². The highest BCUT2D eigenvalue weighted by Gasteiger charge is 2.25. The molecule has 1 N–H and O–H groups in total. The van der Waals surface area contributed by atoms with Crippen molar-refractivity contribution >= 4 is 5.69 Å². The van der Waals surface area contributed by atoms with E-state index in [0.717, 1.165) is 31.1 Å². The second kappa shape index (κ2) is 6.07. The molecule has 18 heavy (non-hydrogen) atoms. The lowest BCUT2D eigenvalue weighted by Gasteiger charge is -2.36. The van der Waals surface area contributed by atoms with Crippen LogP contribution in [0.1, 0.15) is 6.92 Å². The van der Waals surface area contributed by atoms with E-state index in [9.17, 15) is 0 Å². The number of nitrogens with zero attached hydrogens (tertiary/aromatic N) is 1. The van der Waals surface area contributed by atoms with Gasteiger partial charge in [0.1, 0.15) is 5.75 Å². The van der Waals surface area contributed by atoms with E-state index in [0.29, 0.717) is 6.04 Å². The first-order valence-electron chi connectivity index (χ1n) is 6.42. The van der Waals surface area contributed by atoms with Gasteiger partial charge in [0.2, 0.25) is 0 Å². The van der Waals surface area contributed by atoms with Crippen molar-refractivity contribution in [2.75, 3.05) is 38.8 Å². The molecule has 2 rings (SSSR count). The van der Waals surface area contributed by atoms with Crippen LogP contribution in [0.4, 0.5) is 5.69 Å². The van der Waals surface area contributed by atoms with Crippen molar-refractivity contribution in [2.45, 2.75) is 19.1 Å². The molecule has 0 saturated carbocycles. The Labute approximate surface area is 109 Å². The maximum atomic E-state index is 5.81. The fourth-order valence-electron chi connectivity index (χ4n) is 2.29. The quantitative estimate of drug-likeness (QED) is 0.878. The number of nitrogens with one attached hydrogen (secondary N) is 1. The molecule has 1 aliphatic heterocycles. The van der Waals surface area contributed by atoms with E-state index in [1.54, 1.807) is 7.11 Å². The number of benzene rings is 1. The zero-order chi connectivity index (χ0) is 13.0. The Morgan fingerprint density at radius 3 is 2.89 bits per heavy atom. The summed E-state index contributed by atoms with van der Waals surface area (Å²) in [5.74, 6) is 0.899. The Kier molecular flexibility index (Phi) is 4.44. The molecule has 0 amide bonds. The number of anilines is 1. The number of rotatable bonds is 4. The van der Waals surface area contributed by atoms with Gasteiger partial charge in [-0.25, -0.2) is 0 Å². The summed E-state index contributed by atoms with van der Waals surface area (Å²) in [4.78, 5) is 2.22. The first-order chi connectivity index (χ1) is 8.74. The predicted molar refractivity (Wildman–Crippen MR) is 73.5 cm³/mol. The third-order valence-corrected chi connectivity index (χ3v) is 3.57. The SMILES string of the molecule is COc1ccccc1N(C)C(C)C1CNCCO1. The Hall–Kier alpha value is -1.26. The van der Waals surface area contributed by atoms with Crippen LogP contribution in [0.25, 0.3) is 0 Å². The van der Waals surface area contributed by atoms with Gasteiger partial charge < -0.3 is 19.7 Å². The molecule has 0 aliphatic carbocycles. The van der Waals surface area contributed by atoms with Crippen LogP contribution in [-0.4, -0.2) is 46.0 Å². The normalized spacial score (nSPS) is 21.4. The summed E-state index contributed by atoms with van der Waals surface area (Å²) in [5, 5.41) is 3.37. The van der Waals surface area contributed by atoms with E-state index < -0.39 is 0 Å². The zero-order valence-corrected chi connectivity index (χ0v) is 11.3. The lowest BCUT2D eigenvalue weighted by molar-refractivity contribution is 0.0153. The van der Waals surface area contributed by atoms with Crippen molar-refractivity contribution in [2.24, 2.45) is 0 Å². The van der Waals surface area contributed by atoms with Crippen LogP contribution in [-0.2, 0) is 4.74 Å². The van der Waals surface area contributed by atoms with Crippen molar-refractivity contribution < 1.29 is 9.47 Å². The van der Waals surface area contributed by atoms with Gasteiger partial charge in [-0.3, -0.25) is 0 Å². The van der Waals surface area contributed by atoms with Crippen LogP contribution >= 0.6 is 0 Å². The molecule has 1 saturated heterocycles. The van der Waals surface area contributed by atoms with Gasteiger partial charge in [0.05, 0.1) is 31.5 Å². The molecule has 100 valence electrons. The molecular formula is C14H22N2O2. The predicted octanol–water partition coefficient (Wildman–Crippen LogP) is 1.51. The molecule has 1 aliphatic rings. The van der Waals surface area contributed by atoms with Gasteiger partial charge >= 0.3 is 0 Å². The molecule has 0 radical (unpaired) electrons. The summed E-state index contributed by atoms with van der Waals surface area (Å²) in [6, 6.07) is 8.37. The number of methoxy groups -OCH3 is 1.